The third-order valence-electron chi connectivity index (χ3n) is 8.45. The van der Waals surface area contributed by atoms with Crippen molar-refractivity contribution in [3.63, 3.8) is 0 Å². The van der Waals surface area contributed by atoms with Crippen LogP contribution in [0.5, 0.6) is 0 Å². The second-order valence-corrected chi connectivity index (χ2v) is 11.9. The predicted octanol–water partition coefficient (Wildman–Crippen LogP) is 12.2. The third-order valence-corrected chi connectivity index (χ3v) is 8.45. The number of hydrogen-bond acceptors (Lipinski definition) is 2. The van der Waals surface area contributed by atoms with E-state index in [1.54, 1.807) is 0 Å². The summed E-state index contributed by atoms with van der Waals surface area (Å²) in [6, 6.07) is 53.3. The van der Waals surface area contributed by atoms with E-state index in [9.17, 15) is 0 Å². The van der Waals surface area contributed by atoms with E-state index >= 15 is 0 Å². The van der Waals surface area contributed by atoms with E-state index in [1.807, 2.05) is 0 Å². The molecule has 44 heavy (non-hydrogen) atoms. The van der Waals surface area contributed by atoms with E-state index in [0.717, 1.165) is 34.1 Å². The average Bonchev–Trinajstić information content (AvgIpc) is 3.04. The Kier molecular flexibility index (Phi) is 7.12. The molecule has 0 atom stereocenters. The van der Waals surface area contributed by atoms with Gasteiger partial charge in [-0.25, -0.2) is 0 Å². The minimum atomic E-state index is 1.14. The molecule has 0 aliphatic rings. The van der Waals surface area contributed by atoms with Gasteiger partial charge in [-0.3, -0.25) is 0 Å². The van der Waals surface area contributed by atoms with E-state index < -0.39 is 0 Å². The van der Waals surface area contributed by atoms with E-state index in [2.05, 4.69) is 183 Å². The van der Waals surface area contributed by atoms with Crippen LogP contribution in [0, 0.1) is 27.7 Å². The molecular weight excluding hydrogens is 532 g/mol. The maximum atomic E-state index is 2.34. The SMILES string of the molecule is Cc1ccc(N(c2ccc(C)cc2)c2ccc3cc4cc(N(c5ccc(C)cc5)c5ccc(C)cc5)ccc4cc3c2)cc1. The Hall–Kier alpha value is -5.34. The van der Waals surface area contributed by atoms with Crippen LogP contribution in [0.4, 0.5) is 34.1 Å². The third kappa shape index (κ3) is 5.43. The van der Waals surface area contributed by atoms with E-state index in [1.165, 1.54) is 43.8 Å². The molecule has 0 aliphatic heterocycles. The summed E-state index contributed by atoms with van der Waals surface area (Å²) in [6.07, 6.45) is 0. The summed E-state index contributed by atoms with van der Waals surface area (Å²) in [4.78, 5) is 4.68. The molecule has 0 radical (unpaired) electrons. The zero-order valence-corrected chi connectivity index (χ0v) is 25.8. The predicted molar refractivity (Wildman–Crippen MR) is 190 cm³/mol. The maximum Gasteiger partial charge on any atom is 0.0468 e. The molecule has 0 aliphatic carbocycles. The monoisotopic (exact) mass is 568 g/mol. The summed E-state index contributed by atoms with van der Waals surface area (Å²) in [7, 11) is 0. The van der Waals surface area contributed by atoms with Gasteiger partial charge in [-0.05, 0) is 134 Å². The van der Waals surface area contributed by atoms with E-state index in [4.69, 9.17) is 0 Å². The van der Waals surface area contributed by atoms with Gasteiger partial charge < -0.3 is 9.80 Å². The first-order chi connectivity index (χ1) is 21.4. The molecule has 0 aromatic heterocycles. The van der Waals surface area contributed by atoms with Crippen molar-refractivity contribution in [3.05, 3.63) is 168 Å². The minimum Gasteiger partial charge on any atom is -0.310 e. The summed E-state index contributed by atoms with van der Waals surface area (Å²) in [5, 5.41) is 4.90. The fourth-order valence-electron chi connectivity index (χ4n) is 5.92. The Labute approximate surface area is 260 Å². The molecule has 7 aromatic carbocycles. The molecular formula is C42H36N2. The van der Waals surface area contributed by atoms with Crippen LogP contribution in [0.2, 0.25) is 0 Å². The standard InChI is InChI=1S/C42H36N2/c1-29-5-15-37(16-6-29)43(38-17-7-30(2)8-18-38)41-23-13-33-26-36-28-42(24-14-34(36)25-35(33)27-41)44(39-19-9-31(3)10-20-39)40-21-11-32(4)12-22-40/h5-28H,1-4H3. The number of nitrogens with zero attached hydrogens (tertiary/aromatic N) is 2. The molecule has 0 fully saturated rings. The number of hydrogen-bond donors (Lipinski definition) is 0. The lowest BCUT2D eigenvalue weighted by molar-refractivity contribution is 1.27. The number of anilines is 6. The first kappa shape index (κ1) is 27.5. The van der Waals surface area contributed by atoms with Gasteiger partial charge in [0.1, 0.15) is 0 Å². The van der Waals surface area contributed by atoms with Gasteiger partial charge in [0.15, 0.2) is 0 Å². The molecule has 0 spiro atoms. The molecule has 7 aromatic rings. The molecule has 7 rings (SSSR count). The molecule has 0 heterocycles. The largest absolute Gasteiger partial charge is 0.310 e. The second-order valence-electron chi connectivity index (χ2n) is 11.9. The minimum absolute atomic E-state index is 1.14. The van der Waals surface area contributed by atoms with E-state index in [0.29, 0.717) is 0 Å². The lowest BCUT2D eigenvalue weighted by atomic mass is 10.0. The quantitative estimate of drug-likeness (QED) is 0.184. The first-order valence-electron chi connectivity index (χ1n) is 15.3. The van der Waals surface area contributed by atoms with Crippen LogP contribution in [0.25, 0.3) is 21.5 Å². The molecule has 0 saturated heterocycles. The first-order valence-corrected chi connectivity index (χ1v) is 15.3. The second kappa shape index (κ2) is 11.4. The highest BCUT2D eigenvalue weighted by Gasteiger charge is 2.15. The molecule has 0 bridgehead atoms. The highest BCUT2D eigenvalue weighted by molar-refractivity contribution is 6.01. The van der Waals surface area contributed by atoms with Crippen LogP contribution < -0.4 is 9.80 Å². The summed E-state index contributed by atoms with van der Waals surface area (Å²) in [5.74, 6) is 0. The van der Waals surface area contributed by atoms with Crippen molar-refractivity contribution in [3.8, 4) is 0 Å². The smallest absolute Gasteiger partial charge is 0.0468 e. The van der Waals surface area contributed by atoms with Crippen molar-refractivity contribution in [2.24, 2.45) is 0 Å². The number of benzene rings is 7. The van der Waals surface area contributed by atoms with Gasteiger partial charge in [-0.1, -0.05) is 82.9 Å². The number of aryl methyl sites for hydroxylation is 4. The Balaban J connectivity index is 1.32. The van der Waals surface area contributed by atoms with Crippen molar-refractivity contribution in [2.75, 3.05) is 9.80 Å². The van der Waals surface area contributed by atoms with Crippen molar-refractivity contribution >= 4 is 55.7 Å². The van der Waals surface area contributed by atoms with Gasteiger partial charge in [0, 0.05) is 34.1 Å². The van der Waals surface area contributed by atoms with Gasteiger partial charge in [-0.2, -0.15) is 0 Å². The topological polar surface area (TPSA) is 6.48 Å². The van der Waals surface area contributed by atoms with Crippen molar-refractivity contribution in [1.82, 2.24) is 0 Å². The lowest BCUT2D eigenvalue weighted by Crippen LogP contribution is -2.10. The maximum absolute atomic E-state index is 2.34. The van der Waals surface area contributed by atoms with Crippen LogP contribution in [-0.4, -0.2) is 0 Å². The zero-order chi connectivity index (χ0) is 30.2. The van der Waals surface area contributed by atoms with Crippen LogP contribution >= 0.6 is 0 Å². The van der Waals surface area contributed by atoms with Gasteiger partial charge in [0.05, 0.1) is 0 Å². The Morgan fingerprint density at radius 2 is 0.500 bits per heavy atom. The lowest BCUT2D eigenvalue weighted by Gasteiger charge is -2.26. The van der Waals surface area contributed by atoms with Crippen LogP contribution in [0.1, 0.15) is 22.3 Å². The normalized spacial score (nSPS) is 11.2. The summed E-state index contributed by atoms with van der Waals surface area (Å²) in [5.41, 5.74) is 11.9. The molecule has 0 saturated carbocycles. The van der Waals surface area contributed by atoms with Crippen LogP contribution in [0.3, 0.4) is 0 Å². The molecule has 214 valence electrons. The fraction of sp³-hybridized carbons (Fsp3) is 0.0952. The number of rotatable bonds is 6. The molecule has 2 heteroatoms. The Morgan fingerprint density at radius 1 is 0.250 bits per heavy atom. The molecule has 2 nitrogen and oxygen atoms in total. The summed E-state index contributed by atoms with van der Waals surface area (Å²) < 4.78 is 0. The average molecular weight is 569 g/mol. The van der Waals surface area contributed by atoms with Gasteiger partial charge in [0.2, 0.25) is 0 Å². The van der Waals surface area contributed by atoms with Crippen molar-refractivity contribution in [2.45, 2.75) is 27.7 Å². The van der Waals surface area contributed by atoms with Crippen LogP contribution in [0.15, 0.2) is 146 Å². The summed E-state index contributed by atoms with van der Waals surface area (Å²) >= 11 is 0. The van der Waals surface area contributed by atoms with Gasteiger partial charge in [0.25, 0.3) is 0 Å². The van der Waals surface area contributed by atoms with Crippen LogP contribution in [-0.2, 0) is 0 Å². The highest BCUT2D eigenvalue weighted by Crippen LogP contribution is 2.39. The molecule has 0 N–H and O–H groups in total. The highest BCUT2D eigenvalue weighted by atomic mass is 15.1. The van der Waals surface area contributed by atoms with Crippen molar-refractivity contribution in [1.29, 1.82) is 0 Å². The Bertz CT molecular complexity index is 1830. The molecule has 0 unspecified atom stereocenters. The Morgan fingerprint density at radius 3 is 0.773 bits per heavy atom. The fourth-order valence-corrected chi connectivity index (χ4v) is 5.92. The zero-order valence-electron chi connectivity index (χ0n) is 25.8. The van der Waals surface area contributed by atoms with E-state index in [-0.39, 0.29) is 0 Å². The van der Waals surface area contributed by atoms with Gasteiger partial charge in [-0.15, -0.1) is 0 Å². The van der Waals surface area contributed by atoms with Gasteiger partial charge >= 0.3 is 0 Å². The molecule has 0 amide bonds. The summed E-state index contributed by atoms with van der Waals surface area (Å²) in [6.45, 7) is 8.53. The van der Waals surface area contributed by atoms with Crippen molar-refractivity contribution < 1.29 is 0 Å². The number of fused-ring (bicyclic) bond motifs is 2.